The number of hydrogen-bond donors (Lipinski definition) is 1. The summed E-state index contributed by atoms with van der Waals surface area (Å²) in [4.78, 5) is 0. The minimum Gasteiger partial charge on any atom is -0.452 e. The van der Waals surface area contributed by atoms with Gasteiger partial charge in [-0.25, -0.2) is 0 Å². The lowest BCUT2D eigenvalue weighted by molar-refractivity contribution is -0.137. The second-order valence-electron chi connectivity index (χ2n) is 4.10. The number of hydrogen-bond acceptors (Lipinski definition) is 2. The van der Waals surface area contributed by atoms with Gasteiger partial charge >= 0.3 is 6.18 Å². The maximum absolute atomic E-state index is 12.8. The van der Waals surface area contributed by atoms with E-state index < -0.39 is 17.8 Å². The van der Waals surface area contributed by atoms with Crippen molar-refractivity contribution in [1.82, 2.24) is 5.32 Å². The molecule has 0 aliphatic carbocycles. The molecule has 2 nitrogen and oxygen atoms in total. The van der Waals surface area contributed by atoms with E-state index in [2.05, 4.69) is 37.2 Å². The van der Waals surface area contributed by atoms with E-state index in [-0.39, 0.29) is 0 Å². The van der Waals surface area contributed by atoms with E-state index in [0.717, 1.165) is 12.1 Å². The Bertz CT molecular complexity index is 610. The fraction of sp³-hybridized carbons (Fsp3) is 0.231. The Morgan fingerprint density at radius 2 is 1.85 bits per heavy atom. The Hall–Kier alpha value is -0.790. The summed E-state index contributed by atoms with van der Waals surface area (Å²) in [5, 5.41) is 2.96. The molecule has 2 aromatic rings. The zero-order valence-corrected chi connectivity index (χ0v) is 13.4. The first-order chi connectivity index (χ1) is 9.32. The number of furan rings is 1. The molecule has 0 radical (unpaired) electrons. The Balaban J connectivity index is 2.49. The standard InChI is InChI=1S/C13H10Br2F3NO/c1-19-12(10-4-5-11(15)20-10)8-6-7(13(16,17)18)2-3-9(8)14/h2-6,12,19H,1H3. The van der Waals surface area contributed by atoms with Crippen LogP contribution in [0.1, 0.15) is 22.9 Å². The normalized spacial score (nSPS) is 13.5. The Morgan fingerprint density at radius 3 is 2.35 bits per heavy atom. The minimum atomic E-state index is -4.38. The predicted octanol–water partition coefficient (Wildman–Crippen LogP) is 5.13. The molecule has 2 rings (SSSR count). The average molecular weight is 413 g/mol. The van der Waals surface area contributed by atoms with Crippen LogP contribution in [0.15, 0.2) is 43.9 Å². The van der Waals surface area contributed by atoms with Crippen LogP contribution in [0.2, 0.25) is 0 Å². The highest BCUT2D eigenvalue weighted by Gasteiger charge is 2.32. The molecule has 1 atom stereocenters. The fourth-order valence-corrected chi connectivity index (χ4v) is 2.67. The number of alkyl halides is 3. The number of halogens is 5. The van der Waals surface area contributed by atoms with Gasteiger partial charge < -0.3 is 9.73 Å². The first kappa shape index (κ1) is 15.6. The summed E-state index contributed by atoms with van der Waals surface area (Å²) in [6.07, 6.45) is -4.38. The molecule has 1 heterocycles. The van der Waals surface area contributed by atoms with Crippen molar-refractivity contribution >= 4 is 31.9 Å². The van der Waals surface area contributed by atoms with Gasteiger partial charge in [0.15, 0.2) is 4.67 Å². The van der Waals surface area contributed by atoms with Crippen molar-refractivity contribution in [2.75, 3.05) is 7.05 Å². The predicted molar refractivity (Wildman–Crippen MR) is 76.5 cm³/mol. The summed E-state index contributed by atoms with van der Waals surface area (Å²) in [5.74, 6) is 0.527. The molecule has 0 saturated heterocycles. The van der Waals surface area contributed by atoms with Gasteiger partial charge in [0, 0.05) is 4.47 Å². The van der Waals surface area contributed by atoms with Gasteiger partial charge in [-0.1, -0.05) is 15.9 Å². The van der Waals surface area contributed by atoms with Crippen LogP contribution in [0.4, 0.5) is 13.2 Å². The molecule has 1 N–H and O–H groups in total. The monoisotopic (exact) mass is 411 g/mol. The molecule has 20 heavy (non-hydrogen) atoms. The molecular weight excluding hydrogens is 403 g/mol. The second-order valence-corrected chi connectivity index (χ2v) is 5.73. The van der Waals surface area contributed by atoms with Crippen molar-refractivity contribution in [3.05, 3.63) is 56.4 Å². The van der Waals surface area contributed by atoms with Crippen LogP contribution >= 0.6 is 31.9 Å². The van der Waals surface area contributed by atoms with E-state index in [1.165, 1.54) is 6.07 Å². The molecule has 0 saturated carbocycles. The third kappa shape index (κ3) is 3.27. The highest BCUT2D eigenvalue weighted by molar-refractivity contribution is 9.10. The molecule has 0 bridgehead atoms. The second kappa shape index (κ2) is 5.91. The molecule has 0 amide bonds. The molecule has 0 spiro atoms. The van der Waals surface area contributed by atoms with Crippen LogP contribution in [0.25, 0.3) is 0 Å². The molecule has 0 fully saturated rings. The summed E-state index contributed by atoms with van der Waals surface area (Å²) in [6.45, 7) is 0. The van der Waals surface area contributed by atoms with Crippen molar-refractivity contribution in [3.63, 3.8) is 0 Å². The summed E-state index contributed by atoms with van der Waals surface area (Å²) in [6, 6.07) is 6.47. The third-order valence-electron chi connectivity index (χ3n) is 2.80. The molecule has 1 unspecified atom stereocenters. The van der Waals surface area contributed by atoms with Crippen LogP contribution in [0, 0.1) is 0 Å². The third-order valence-corrected chi connectivity index (χ3v) is 3.95. The van der Waals surface area contributed by atoms with Crippen LogP contribution in [0.3, 0.4) is 0 Å². The summed E-state index contributed by atoms with van der Waals surface area (Å²) >= 11 is 6.46. The van der Waals surface area contributed by atoms with Gasteiger partial charge in [-0.05, 0) is 58.9 Å². The topological polar surface area (TPSA) is 25.2 Å². The molecular formula is C13H10Br2F3NO. The van der Waals surface area contributed by atoms with Crippen LogP contribution < -0.4 is 5.32 Å². The largest absolute Gasteiger partial charge is 0.452 e. The Labute approximate surface area is 130 Å². The zero-order chi connectivity index (χ0) is 14.9. The van der Waals surface area contributed by atoms with Crippen molar-refractivity contribution in [1.29, 1.82) is 0 Å². The highest BCUT2D eigenvalue weighted by atomic mass is 79.9. The molecule has 0 aliphatic rings. The smallest absolute Gasteiger partial charge is 0.416 e. The fourth-order valence-electron chi connectivity index (χ4n) is 1.88. The van der Waals surface area contributed by atoms with Gasteiger partial charge in [0.1, 0.15) is 5.76 Å². The van der Waals surface area contributed by atoms with Gasteiger partial charge in [0.05, 0.1) is 11.6 Å². The lowest BCUT2D eigenvalue weighted by Gasteiger charge is -2.18. The first-order valence-corrected chi connectivity index (χ1v) is 7.20. The van der Waals surface area contributed by atoms with E-state index in [1.54, 1.807) is 19.2 Å². The van der Waals surface area contributed by atoms with Crippen molar-refractivity contribution < 1.29 is 17.6 Å². The van der Waals surface area contributed by atoms with Gasteiger partial charge in [0.25, 0.3) is 0 Å². The maximum Gasteiger partial charge on any atom is 0.416 e. The molecule has 0 aliphatic heterocycles. The molecule has 1 aromatic heterocycles. The molecule has 7 heteroatoms. The Morgan fingerprint density at radius 1 is 1.15 bits per heavy atom. The van der Waals surface area contributed by atoms with E-state index >= 15 is 0 Å². The first-order valence-electron chi connectivity index (χ1n) is 5.62. The van der Waals surface area contributed by atoms with Gasteiger partial charge in [-0.3, -0.25) is 0 Å². The van der Waals surface area contributed by atoms with Gasteiger partial charge in [-0.2, -0.15) is 13.2 Å². The summed E-state index contributed by atoms with van der Waals surface area (Å²) < 4.78 is 44.9. The van der Waals surface area contributed by atoms with E-state index in [1.807, 2.05) is 0 Å². The van der Waals surface area contributed by atoms with Gasteiger partial charge in [-0.15, -0.1) is 0 Å². The lowest BCUT2D eigenvalue weighted by atomic mass is 10.0. The zero-order valence-electron chi connectivity index (χ0n) is 10.3. The number of rotatable bonds is 3. The van der Waals surface area contributed by atoms with Crippen molar-refractivity contribution in [2.45, 2.75) is 12.2 Å². The summed E-state index contributed by atoms with van der Waals surface area (Å²) in [7, 11) is 1.66. The molecule has 108 valence electrons. The quantitative estimate of drug-likeness (QED) is 0.755. The molecule has 1 aromatic carbocycles. The van der Waals surface area contributed by atoms with Crippen molar-refractivity contribution in [3.8, 4) is 0 Å². The summed E-state index contributed by atoms with van der Waals surface area (Å²) in [5.41, 5.74) is -0.231. The minimum absolute atomic E-state index is 0.462. The lowest BCUT2D eigenvalue weighted by Crippen LogP contribution is -2.18. The van der Waals surface area contributed by atoms with Crippen LogP contribution in [-0.2, 0) is 6.18 Å². The maximum atomic E-state index is 12.8. The van der Waals surface area contributed by atoms with Crippen LogP contribution in [0.5, 0.6) is 0 Å². The van der Waals surface area contributed by atoms with Crippen LogP contribution in [-0.4, -0.2) is 7.05 Å². The number of benzene rings is 1. The van der Waals surface area contributed by atoms with Crippen molar-refractivity contribution in [2.24, 2.45) is 0 Å². The average Bonchev–Trinajstić information content (AvgIpc) is 2.77. The van der Waals surface area contributed by atoms with E-state index in [9.17, 15) is 13.2 Å². The van der Waals surface area contributed by atoms with E-state index in [0.29, 0.717) is 20.5 Å². The Kier molecular flexibility index (Phi) is 4.61. The van der Waals surface area contributed by atoms with Gasteiger partial charge in [0.2, 0.25) is 0 Å². The van der Waals surface area contributed by atoms with E-state index in [4.69, 9.17) is 4.42 Å². The number of nitrogens with one attached hydrogen (secondary N) is 1. The highest BCUT2D eigenvalue weighted by Crippen LogP contribution is 2.36. The SMILES string of the molecule is CNC(c1ccc(Br)o1)c1cc(C(F)(F)F)ccc1Br.